The van der Waals surface area contributed by atoms with E-state index in [9.17, 15) is 9.59 Å². The predicted molar refractivity (Wildman–Crippen MR) is 156 cm³/mol. The van der Waals surface area contributed by atoms with Crippen LogP contribution in [0.3, 0.4) is 0 Å². The minimum atomic E-state index is -0.520. The molecule has 38 heavy (non-hydrogen) atoms. The third-order valence-corrected chi connectivity index (χ3v) is 7.18. The zero-order valence-electron chi connectivity index (χ0n) is 21.2. The van der Waals surface area contributed by atoms with Crippen LogP contribution in [-0.4, -0.2) is 43.1 Å². The number of anilines is 3. The monoisotopic (exact) mass is 621 g/mol. The Bertz CT molecular complexity index is 1260. The number of carbonyl (C=O) groups is 2. The van der Waals surface area contributed by atoms with E-state index in [1.54, 1.807) is 30.3 Å². The van der Waals surface area contributed by atoms with E-state index in [-0.39, 0.29) is 19.6 Å². The SMILES string of the molecule is CCN(CC)Cc1cc(C(=O)OCCOC(=O)Cc2ccccc2Nc2c(Cl)cccc2Cl)cc(Br)c1N. The molecule has 0 fully saturated rings. The van der Waals surface area contributed by atoms with E-state index in [1.165, 1.54) is 0 Å². The summed E-state index contributed by atoms with van der Waals surface area (Å²) in [5.74, 6) is -0.981. The summed E-state index contributed by atoms with van der Waals surface area (Å²) < 4.78 is 11.3. The molecule has 0 bridgehead atoms. The van der Waals surface area contributed by atoms with Crippen molar-refractivity contribution in [3.8, 4) is 0 Å². The minimum Gasteiger partial charge on any atom is -0.462 e. The van der Waals surface area contributed by atoms with Crippen LogP contribution in [0.25, 0.3) is 0 Å². The number of hydrogen-bond acceptors (Lipinski definition) is 7. The van der Waals surface area contributed by atoms with Crippen LogP contribution in [0.2, 0.25) is 10.0 Å². The lowest BCUT2D eigenvalue weighted by Gasteiger charge is -2.20. The van der Waals surface area contributed by atoms with Crippen LogP contribution in [0.1, 0.15) is 35.3 Å². The highest BCUT2D eigenvalue weighted by molar-refractivity contribution is 9.10. The van der Waals surface area contributed by atoms with Crippen molar-refractivity contribution < 1.29 is 19.1 Å². The molecule has 3 N–H and O–H groups in total. The highest BCUT2D eigenvalue weighted by Crippen LogP contribution is 2.33. The van der Waals surface area contributed by atoms with Gasteiger partial charge in [-0.2, -0.15) is 0 Å². The quantitative estimate of drug-likeness (QED) is 0.129. The molecule has 0 saturated heterocycles. The number of benzene rings is 3. The molecule has 3 rings (SSSR count). The van der Waals surface area contributed by atoms with Gasteiger partial charge < -0.3 is 20.5 Å². The van der Waals surface area contributed by atoms with Crippen LogP contribution in [0.4, 0.5) is 17.1 Å². The number of esters is 2. The molecule has 0 heterocycles. The average molecular weight is 623 g/mol. The molecule has 0 amide bonds. The van der Waals surface area contributed by atoms with Crippen molar-refractivity contribution in [2.75, 3.05) is 37.4 Å². The molecule has 0 atom stereocenters. The first-order chi connectivity index (χ1) is 18.2. The summed E-state index contributed by atoms with van der Waals surface area (Å²) in [6.07, 6.45) is 0.0127. The normalized spacial score (nSPS) is 10.9. The van der Waals surface area contributed by atoms with Crippen LogP contribution >= 0.6 is 39.1 Å². The fraction of sp³-hybridized carbons (Fsp3) is 0.286. The molecule has 10 heteroatoms. The number of halogens is 3. The van der Waals surface area contributed by atoms with Crippen LogP contribution in [0.5, 0.6) is 0 Å². The van der Waals surface area contributed by atoms with Crippen molar-refractivity contribution in [3.63, 3.8) is 0 Å². The lowest BCUT2D eigenvalue weighted by atomic mass is 10.1. The van der Waals surface area contributed by atoms with Crippen molar-refractivity contribution in [1.82, 2.24) is 4.90 Å². The van der Waals surface area contributed by atoms with Crippen molar-refractivity contribution >= 4 is 68.1 Å². The van der Waals surface area contributed by atoms with Gasteiger partial charge in [0.05, 0.1) is 33.4 Å². The third kappa shape index (κ3) is 8.11. The Hall–Kier alpha value is -2.78. The summed E-state index contributed by atoms with van der Waals surface area (Å²) in [6.45, 7) is 6.33. The Morgan fingerprint density at radius 3 is 2.29 bits per heavy atom. The summed E-state index contributed by atoms with van der Waals surface area (Å²) >= 11 is 15.9. The van der Waals surface area contributed by atoms with Crippen LogP contribution in [0, 0.1) is 0 Å². The number of rotatable bonds is 12. The van der Waals surface area contributed by atoms with E-state index in [0.29, 0.717) is 49.3 Å². The highest BCUT2D eigenvalue weighted by Gasteiger charge is 2.16. The summed E-state index contributed by atoms with van der Waals surface area (Å²) in [5, 5.41) is 4.12. The Kier molecular flexibility index (Phi) is 11.3. The largest absolute Gasteiger partial charge is 0.462 e. The predicted octanol–water partition coefficient (Wildman–Crippen LogP) is 6.87. The van der Waals surface area contributed by atoms with Crippen molar-refractivity contribution in [3.05, 3.63) is 85.8 Å². The molecule has 0 saturated carbocycles. The number of nitrogens with two attached hydrogens (primary N) is 1. The van der Waals surface area contributed by atoms with Gasteiger partial charge in [-0.1, -0.05) is 61.3 Å². The smallest absolute Gasteiger partial charge is 0.338 e. The zero-order chi connectivity index (χ0) is 27.7. The average Bonchev–Trinajstić information content (AvgIpc) is 2.90. The number of nitrogens with zero attached hydrogens (tertiary/aromatic N) is 1. The highest BCUT2D eigenvalue weighted by atomic mass is 79.9. The maximum Gasteiger partial charge on any atom is 0.338 e. The minimum absolute atomic E-state index is 0.0127. The molecule has 0 radical (unpaired) electrons. The molecule has 0 aromatic heterocycles. The number of hydrogen-bond donors (Lipinski definition) is 2. The maximum absolute atomic E-state index is 12.6. The Morgan fingerprint density at radius 2 is 1.61 bits per heavy atom. The molecule has 0 aliphatic rings. The first-order valence-electron chi connectivity index (χ1n) is 12.1. The van der Waals surface area contributed by atoms with Gasteiger partial charge in [-0.3, -0.25) is 9.69 Å². The van der Waals surface area contributed by atoms with E-state index in [0.717, 1.165) is 18.7 Å². The van der Waals surface area contributed by atoms with Crippen LogP contribution in [0.15, 0.2) is 59.1 Å². The molecule has 7 nitrogen and oxygen atoms in total. The first kappa shape index (κ1) is 29.8. The van der Waals surface area contributed by atoms with Crippen molar-refractivity contribution in [2.24, 2.45) is 0 Å². The van der Waals surface area contributed by atoms with Gasteiger partial charge in [0, 0.05) is 16.7 Å². The molecule has 0 aliphatic carbocycles. The number of nitrogens with one attached hydrogen (secondary N) is 1. The molecular weight excluding hydrogens is 593 g/mol. The van der Waals surface area contributed by atoms with Gasteiger partial charge in [-0.25, -0.2) is 4.79 Å². The maximum atomic E-state index is 12.6. The van der Waals surface area contributed by atoms with Gasteiger partial charge in [0.25, 0.3) is 0 Å². The van der Waals surface area contributed by atoms with Crippen molar-refractivity contribution in [2.45, 2.75) is 26.8 Å². The Morgan fingerprint density at radius 1 is 0.947 bits per heavy atom. The summed E-state index contributed by atoms with van der Waals surface area (Å²) in [5.41, 5.74) is 9.94. The molecular formula is C28H30BrCl2N3O4. The van der Waals surface area contributed by atoms with E-state index in [1.807, 2.05) is 24.3 Å². The summed E-state index contributed by atoms with van der Waals surface area (Å²) in [7, 11) is 0. The molecule has 0 unspecified atom stereocenters. The molecule has 3 aromatic carbocycles. The van der Waals surface area contributed by atoms with E-state index in [2.05, 4.69) is 40.0 Å². The first-order valence-corrected chi connectivity index (χ1v) is 13.7. The topological polar surface area (TPSA) is 93.9 Å². The summed E-state index contributed by atoms with van der Waals surface area (Å²) in [6, 6.07) is 15.9. The number of para-hydroxylation sites is 2. The van der Waals surface area contributed by atoms with Crippen LogP contribution in [-0.2, 0) is 27.2 Å². The Balaban J connectivity index is 1.54. The fourth-order valence-corrected chi connectivity index (χ4v) is 4.73. The molecule has 0 spiro atoms. The number of ether oxygens (including phenoxy) is 2. The van der Waals surface area contributed by atoms with E-state index in [4.69, 9.17) is 38.4 Å². The van der Waals surface area contributed by atoms with E-state index < -0.39 is 11.9 Å². The van der Waals surface area contributed by atoms with Gasteiger partial charge in [-0.05, 0) is 70.5 Å². The molecule has 0 aliphatic heterocycles. The van der Waals surface area contributed by atoms with Crippen LogP contribution < -0.4 is 11.1 Å². The molecule has 202 valence electrons. The second kappa shape index (κ2) is 14.4. The second-order valence-corrected chi connectivity index (χ2v) is 10.1. The zero-order valence-corrected chi connectivity index (χ0v) is 24.3. The van der Waals surface area contributed by atoms with Crippen molar-refractivity contribution in [1.29, 1.82) is 0 Å². The van der Waals surface area contributed by atoms with Gasteiger partial charge >= 0.3 is 11.9 Å². The van der Waals surface area contributed by atoms with Gasteiger partial charge in [-0.15, -0.1) is 0 Å². The van der Waals surface area contributed by atoms with Gasteiger partial charge in [0.1, 0.15) is 13.2 Å². The number of carbonyl (C=O) groups excluding carboxylic acids is 2. The van der Waals surface area contributed by atoms with Gasteiger partial charge in [0.2, 0.25) is 0 Å². The number of nitrogen functional groups attached to an aromatic ring is 1. The summed E-state index contributed by atoms with van der Waals surface area (Å²) in [4.78, 5) is 27.3. The lowest BCUT2D eigenvalue weighted by molar-refractivity contribution is -0.143. The third-order valence-electron chi connectivity index (χ3n) is 5.89. The van der Waals surface area contributed by atoms with Gasteiger partial charge in [0.15, 0.2) is 0 Å². The Labute approximate surface area is 241 Å². The lowest BCUT2D eigenvalue weighted by Crippen LogP contribution is -2.23. The van der Waals surface area contributed by atoms with E-state index >= 15 is 0 Å². The fourth-order valence-electron chi connectivity index (χ4n) is 3.74. The second-order valence-electron chi connectivity index (χ2n) is 8.40. The molecule has 3 aromatic rings. The standard InChI is InChI=1S/C28H30BrCl2N3O4/c1-3-34(4-2)17-20-14-19(15-21(29)26(20)32)28(36)38-13-12-37-25(35)16-18-8-5-6-11-24(18)33-27-22(30)9-7-10-23(27)31/h5-11,14-15,33H,3-4,12-13,16-17,32H2,1-2H3.